The number of rotatable bonds is 5. The average Bonchev–Trinajstić information content (AvgIpc) is 2.12. The molecule has 0 amide bonds. The van der Waals surface area contributed by atoms with Crippen LogP contribution >= 0.6 is 0 Å². The van der Waals surface area contributed by atoms with Crippen LogP contribution in [-0.4, -0.2) is 102 Å². The normalized spacial score (nSPS) is 10.9. The van der Waals surface area contributed by atoms with Crippen LogP contribution in [-0.2, 0) is 0 Å². The summed E-state index contributed by atoms with van der Waals surface area (Å²) >= 11 is 2.60. The predicted molar refractivity (Wildman–Crippen MR) is 69.8 cm³/mol. The van der Waals surface area contributed by atoms with Crippen molar-refractivity contribution in [2.75, 3.05) is 0 Å². The fourth-order valence-corrected chi connectivity index (χ4v) is 0.978. The summed E-state index contributed by atoms with van der Waals surface area (Å²) in [5.74, 6) is 0. The van der Waals surface area contributed by atoms with Gasteiger partial charge in [0.05, 0.1) is 0 Å². The van der Waals surface area contributed by atoms with Crippen LogP contribution in [0, 0.1) is 0 Å². The first kappa shape index (κ1) is 29.9. The molecule has 0 aliphatic carbocycles. The second-order valence-corrected chi connectivity index (χ2v) is 5.96. The molecule has 0 radical (unpaired) electrons. The van der Waals surface area contributed by atoms with Gasteiger partial charge in [0.2, 0.25) is 0 Å². The molecule has 0 bridgehead atoms. The van der Waals surface area contributed by atoms with Crippen molar-refractivity contribution < 1.29 is 38.4 Å². The van der Waals surface area contributed by atoms with Crippen molar-refractivity contribution in [1.29, 1.82) is 0 Å². The van der Waals surface area contributed by atoms with Crippen LogP contribution in [0.3, 0.4) is 0 Å². The molecule has 112 valence electrons. The second kappa shape index (κ2) is 19.0. The Morgan fingerprint density at radius 2 is 1.30 bits per heavy atom. The van der Waals surface area contributed by atoms with E-state index >= 15 is 0 Å². The van der Waals surface area contributed by atoms with E-state index in [0.29, 0.717) is 0 Å². The van der Waals surface area contributed by atoms with Crippen molar-refractivity contribution in [1.82, 2.24) is 0 Å². The Balaban J connectivity index is -0.000000101. The van der Waals surface area contributed by atoms with Crippen LogP contribution < -0.4 is 19.2 Å². The quantitative estimate of drug-likeness (QED) is 0.231. The molecule has 20 heavy (non-hydrogen) atoms. The second-order valence-electron chi connectivity index (χ2n) is 3.38. The monoisotopic (exact) mass is 464 g/mol. The van der Waals surface area contributed by atoms with Gasteiger partial charge in [-0.05, 0) is 0 Å². The van der Waals surface area contributed by atoms with Crippen LogP contribution in [0.4, 0.5) is 0 Å². The summed E-state index contributed by atoms with van der Waals surface area (Å²) in [6.45, 7) is 2.24. The minimum Gasteiger partial charge on any atom is -0.894 e. The van der Waals surface area contributed by atoms with Gasteiger partial charge >= 0.3 is 124 Å². The molecule has 12 heteroatoms. The van der Waals surface area contributed by atoms with Crippen LogP contribution in [0.1, 0.15) is 39.0 Å². The van der Waals surface area contributed by atoms with E-state index in [0.717, 1.165) is 0 Å². The van der Waals surface area contributed by atoms with Gasteiger partial charge in [-0.1, -0.05) is 0 Å². The average molecular weight is 464 g/mol. The van der Waals surface area contributed by atoms with Crippen molar-refractivity contribution in [2.45, 2.75) is 39.0 Å². The molecule has 0 spiro atoms. The fraction of sp³-hybridized carbons (Fsp3) is 0.750. The topological polar surface area (TPSA) is 173 Å². The summed E-state index contributed by atoms with van der Waals surface area (Å²) in [4.78, 5) is 65.7. The predicted octanol–water partition coefficient (Wildman–Crippen LogP) is -5.49. The Labute approximate surface area is 169 Å². The third-order valence-electron chi connectivity index (χ3n) is 1.36. The molecule has 0 atom stereocenters. The van der Waals surface area contributed by atoms with E-state index in [9.17, 15) is 0 Å². The molecule has 0 saturated heterocycles. The molecule has 0 aromatic carbocycles. The Bertz CT molecular complexity index is 186. The molecule has 0 saturated carbocycles. The van der Waals surface area contributed by atoms with Gasteiger partial charge in [0.25, 0.3) is 0 Å². The standard InChI is InChI=1S/C8H15.Al.Ba.H4O4Si.O4Si/c1-3-5-7-8-6-4-2;;;2*1-5(2,3)4/h1,3H,4-8H2,2H3;;;1-4H;/q;2*+2;;-4. The van der Waals surface area contributed by atoms with Crippen molar-refractivity contribution >= 4 is 83.3 Å². The smallest absolute Gasteiger partial charge is 0.894 e. The van der Waals surface area contributed by atoms with E-state index in [2.05, 4.69) is 29.3 Å². The molecule has 0 aliphatic rings. The number of allylic oxidation sites excluding steroid dienone is 1. The molecule has 0 fully saturated rings. The van der Waals surface area contributed by atoms with Gasteiger partial charge in [-0.3, -0.25) is 0 Å². The molecular formula is C8H19AlBaO8Si2. The number of unbranched alkanes of at least 4 members (excludes halogenated alkanes) is 4. The van der Waals surface area contributed by atoms with Gasteiger partial charge in [0.15, 0.2) is 0 Å². The Hall–Kier alpha value is 1.96. The van der Waals surface area contributed by atoms with Gasteiger partial charge in [-0.2, -0.15) is 0 Å². The zero-order chi connectivity index (χ0) is 15.9. The van der Waals surface area contributed by atoms with E-state index in [-0.39, 0.29) is 48.9 Å². The van der Waals surface area contributed by atoms with Gasteiger partial charge in [-0.25, -0.2) is 0 Å². The summed E-state index contributed by atoms with van der Waals surface area (Å²) in [6.07, 6.45) is 8.95. The first-order valence-electron chi connectivity index (χ1n) is 5.49. The van der Waals surface area contributed by atoms with Crippen LogP contribution in [0.5, 0.6) is 0 Å². The Morgan fingerprint density at radius 3 is 1.55 bits per heavy atom. The molecule has 0 unspecified atom stereocenters. The third-order valence-corrected chi connectivity index (χ3v) is 1.63. The largest absolute Gasteiger partial charge is 2.00 e. The summed E-state index contributed by atoms with van der Waals surface area (Å²) in [5.41, 5.74) is 0. The van der Waals surface area contributed by atoms with Gasteiger partial charge in [0, 0.05) is 0 Å². The maximum absolute atomic E-state index is 8.58. The number of hydrogen-bond acceptors (Lipinski definition) is 8. The van der Waals surface area contributed by atoms with Crippen molar-refractivity contribution in [3.05, 3.63) is 11.0 Å². The van der Waals surface area contributed by atoms with Crippen molar-refractivity contribution in [2.24, 2.45) is 0 Å². The molecule has 4 N–H and O–H groups in total. The zero-order valence-electron chi connectivity index (χ0n) is 11.4. The maximum Gasteiger partial charge on any atom is 2.00 e. The van der Waals surface area contributed by atoms with E-state index in [4.69, 9.17) is 38.4 Å². The molecule has 0 rings (SSSR count). The minimum absolute atomic E-state index is 0. The maximum atomic E-state index is 8.58. The summed E-state index contributed by atoms with van der Waals surface area (Å²) < 4.78 is 0. The van der Waals surface area contributed by atoms with Crippen molar-refractivity contribution in [3.63, 3.8) is 0 Å². The van der Waals surface area contributed by atoms with Crippen LogP contribution in [0.15, 0.2) is 11.0 Å². The molecular weight excluding hydrogens is 445 g/mol. The van der Waals surface area contributed by atoms with Gasteiger partial charge < -0.3 is 47.4 Å². The molecule has 0 aliphatic heterocycles. The van der Waals surface area contributed by atoms with Crippen LogP contribution in [0.2, 0.25) is 0 Å². The fourth-order valence-electron chi connectivity index (χ4n) is 0.785. The first-order valence-corrected chi connectivity index (χ1v) is 9.58. The van der Waals surface area contributed by atoms with Gasteiger partial charge in [-0.15, -0.1) is 0 Å². The molecule has 8 nitrogen and oxygen atoms in total. The Morgan fingerprint density at radius 1 is 0.950 bits per heavy atom. The van der Waals surface area contributed by atoms with Gasteiger partial charge in [0.1, 0.15) is 0 Å². The van der Waals surface area contributed by atoms with E-state index in [1.807, 2.05) is 4.94 Å². The third kappa shape index (κ3) is 113. The Kier molecular flexibility index (Phi) is 28.4. The van der Waals surface area contributed by atoms with E-state index in [1.165, 1.54) is 32.1 Å². The van der Waals surface area contributed by atoms with E-state index in [1.54, 1.807) is 0 Å². The van der Waals surface area contributed by atoms with E-state index < -0.39 is 18.1 Å². The SMILES string of the molecule is CCCCCCC=[CH][Al+2].O[Si](O)(O)O.[Ba+2].[O-][Si]([O-])([O-])[O-]. The van der Waals surface area contributed by atoms with Crippen molar-refractivity contribution in [3.8, 4) is 0 Å². The summed E-state index contributed by atoms with van der Waals surface area (Å²) in [5, 5.41) is 0. The zero-order valence-corrected chi connectivity index (χ0v) is 19.0. The molecule has 0 aromatic heterocycles. The molecule has 0 aromatic rings. The van der Waals surface area contributed by atoms with Crippen LogP contribution in [0.25, 0.3) is 0 Å². The summed E-state index contributed by atoms with van der Waals surface area (Å²) in [6, 6.07) is 0. The molecule has 0 heterocycles. The number of hydrogen-bond donors (Lipinski definition) is 4. The first-order chi connectivity index (χ1) is 8.41. The minimum atomic E-state index is -5.61. The summed E-state index contributed by atoms with van der Waals surface area (Å²) in [7, 11) is -10.2.